The summed E-state index contributed by atoms with van der Waals surface area (Å²) >= 11 is 0. The molecule has 2 aliphatic rings. The van der Waals surface area contributed by atoms with Gasteiger partial charge in [-0.3, -0.25) is 9.47 Å². The first kappa shape index (κ1) is 28.2. The van der Waals surface area contributed by atoms with Crippen molar-refractivity contribution in [1.82, 2.24) is 24.4 Å². The van der Waals surface area contributed by atoms with Gasteiger partial charge in [-0.2, -0.15) is 9.97 Å². The second-order valence-electron chi connectivity index (χ2n) is 11.1. The molecule has 1 saturated heterocycles. The van der Waals surface area contributed by atoms with Crippen molar-refractivity contribution in [1.29, 1.82) is 0 Å². The van der Waals surface area contributed by atoms with Crippen molar-refractivity contribution >= 4 is 22.8 Å². The van der Waals surface area contributed by atoms with Gasteiger partial charge in [0.2, 0.25) is 5.95 Å². The van der Waals surface area contributed by atoms with Gasteiger partial charge in [-0.1, -0.05) is 12.1 Å². The van der Waals surface area contributed by atoms with E-state index in [2.05, 4.69) is 34.1 Å². The number of nitrogens with zero attached hydrogens (tertiary/aromatic N) is 6. The predicted molar refractivity (Wildman–Crippen MR) is 152 cm³/mol. The van der Waals surface area contributed by atoms with Crippen LogP contribution in [-0.4, -0.2) is 81.5 Å². The Hall–Kier alpha value is -3.31. The minimum absolute atomic E-state index is 0.0926. The molecule has 1 saturated carbocycles. The van der Waals surface area contributed by atoms with E-state index in [0.29, 0.717) is 66.9 Å². The molecule has 40 heavy (non-hydrogen) atoms. The Labute approximate surface area is 233 Å². The number of hydrogen-bond donors (Lipinski definition) is 2. The largest absolute Gasteiger partial charge is 0.516 e. The van der Waals surface area contributed by atoms with Crippen LogP contribution in [0.1, 0.15) is 51.8 Å². The fourth-order valence-electron chi connectivity index (χ4n) is 5.85. The highest BCUT2D eigenvalue weighted by atomic mass is 19.3. The van der Waals surface area contributed by atoms with E-state index in [4.69, 9.17) is 14.7 Å². The average molecular weight is 556 g/mol. The van der Waals surface area contributed by atoms with Crippen molar-refractivity contribution in [2.75, 3.05) is 50.1 Å². The number of ether oxygens (including phenoxy) is 1. The van der Waals surface area contributed by atoms with Crippen LogP contribution in [0.15, 0.2) is 42.2 Å². The molecular formula is C29H39F2N7O2. The maximum absolute atomic E-state index is 14.2. The lowest BCUT2D eigenvalue weighted by atomic mass is 9.85. The second kappa shape index (κ2) is 12.5. The van der Waals surface area contributed by atoms with Crippen molar-refractivity contribution in [3.8, 4) is 5.82 Å². The molecule has 1 aromatic carbocycles. The summed E-state index contributed by atoms with van der Waals surface area (Å²) in [4.78, 5) is 18.2. The van der Waals surface area contributed by atoms with Gasteiger partial charge in [-0.05, 0) is 70.2 Å². The number of aliphatic hydroxyl groups is 1. The van der Waals surface area contributed by atoms with E-state index in [-0.39, 0.29) is 11.9 Å². The van der Waals surface area contributed by atoms with Crippen LogP contribution in [0.25, 0.3) is 16.9 Å². The number of halogens is 2. The van der Waals surface area contributed by atoms with Crippen molar-refractivity contribution in [2.24, 2.45) is 5.92 Å². The zero-order chi connectivity index (χ0) is 28.2. The number of fused-ring (bicyclic) bond motifs is 1. The Morgan fingerprint density at radius 3 is 2.65 bits per heavy atom. The maximum Gasteiger partial charge on any atom is 0.296 e. The molecule has 0 bridgehead atoms. The molecule has 3 aromatic rings. The van der Waals surface area contributed by atoms with E-state index in [1.54, 1.807) is 24.3 Å². The number of alkyl halides is 2. The molecule has 2 aromatic heterocycles. The molecule has 0 amide bonds. The molecule has 2 fully saturated rings. The van der Waals surface area contributed by atoms with Crippen LogP contribution in [0, 0.1) is 5.92 Å². The lowest BCUT2D eigenvalue weighted by Crippen LogP contribution is -2.44. The van der Waals surface area contributed by atoms with Gasteiger partial charge in [-0.25, -0.2) is 13.8 Å². The molecule has 1 aliphatic carbocycles. The Bertz CT molecular complexity index is 1320. The lowest BCUT2D eigenvalue weighted by molar-refractivity contribution is 0.0985. The topological polar surface area (TPSA) is 91.6 Å². The number of aliphatic hydroxyl groups excluding tert-OH is 1. The molecule has 9 nitrogen and oxygen atoms in total. The molecule has 0 spiro atoms. The van der Waals surface area contributed by atoms with Gasteiger partial charge in [0.1, 0.15) is 11.6 Å². The third-order valence-corrected chi connectivity index (χ3v) is 8.08. The average Bonchev–Trinajstić information content (AvgIpc) is 3.36. The van der Waals surface area contributed by atoms with Crippen LogP contribution >= 0.6 is 0 Å². The maximum atomic E-state index is 14.2. The highest BCUT2D eigenvalue weighted by molar-refractivity contribution is 5.78. The van der Waals surface area contributed by atoms with Crippen LogP contribution in [0.4, 0.5) is 20.5 Å². The normalized spacial score (nSPS) is 22.4. The number of likely N-dealkylation sites (N-methyl/N-ethyl adjacent to an activating group) is 1. The molecule has 0 unspecified atom stereocenters. The molecule has 216 valence electrons. The first-order chi connectivity index (χ1) is 19.3. The Morgan fingerprint density at radius 2 is 1.93 bits per heavy atom. The minimum atomic E-state index is -2.76. The quantitative estimate of drug-likeness (QED) is 0.342. The van der Waals surface area contributed by atoms with Crippen LogP contribution in [0.3, 0.4) is 0 Å². The smallest absolute Gasteiger partial charge is 0.296 e. The second-order valence-corrected chi connectivity index (χ2v) is 11.1. The van der Waals surface area contributed by atoms with Crippen molar-refractivity contribution < 1.29 is 18.6 Å². The standard InChI is InChI=1S/C29H39F2N7O2/c1-19(17-39)16-36(3)22-10-8-21(9-11-22)15-32-29-34-25(37-12-13-40-18-20(37)2)14-26(35-29)38-24-7-5-4-6-23(24)33-28(38)27(30)31/h4-7,14,17,20-22,27,39H,8-13,15-16,18H2,1-3H3,(H,32,34,35)/b19-17+/t20-,21-,22-/m0/s1. The number of rotatable bonds is 9. The number of hydrogen-bond acceptors (Lipinski definition) is 8. The van der Waals surface area contributed by atoms with Crippen LogP contribution in [-0.2, 0) is 4.74 Å². The van der Waals surface area contributed by atoms with E-state index in [1.165, 1.54) is 10.8 Å². The summed E-state index contributed by atoms with van der Waals surface area (Å²) in [5.74, 6) is 1.60. The van der Waals surface area contributed by atoms with E-state index in [1.807, 2.05) is 13.0 Å². The van der Waals surface area contributed by atoms with Gasteiger partial charge in [0.25, 0.3) is 6.43 Å². The summed E-state index contributed by atoms with van der Waals surface area (Å²) in [6.45, 7) is 7.28. The van der Waals surface area contributed by atoms with Gasteiger partial charge in [0, 0.05) is 31.7 Å². The molecule has 5 rings (SSSR count). The van der Waals surface area contributed by atoms with Gasteiger partial charge in [0.15, 0.2) is 5.82 Å². The van der Waals surface area contributed by atoms with E-state index < -0.39 is 6.43 Å². The number of morpholine rings is 1. The number of aromatic nitrogens is 4. The molecule has 2 N–H and O–H groups in total. The van der Waals surface area contributed by atoms with Crippen LogP contribution < -0.4 is 10.2 Å². The number of nitrogens with one attached hydrogen (secondary N) is 1. The monoisotopic (exact) mass is 555 g/mol. The van der Waals surface area contributed by atoms with Crippen LogP contribution in [0.2, 0.25) is 0 Å². The van der Waals surface area contributed by atoms with Gasteiger partial charge >= 0.3 is 0 Å². The zero-order valence-electron chi connectivity index (χ0n) is 23.4. The Balaban J connectivity index is 1.39. The fraction of sp³-hybridized carbons (Fsp3) is 0.552. The number of anilines is 2. The lowest BCUT2D eigenvalue weighted by Gasteiger charge is -2.35. The molecular weight excluding hydrogens is 516 g/mol. The number of para-hydroxylation sites is 2. The highest BCUT2D eigenvalue weighted by Crippen LogP contribution is 2.31. The summed E-state index contributed by atoms with van der Waals surface area (Å²) in [5.41, 5.74) is 2.03. The van der Waals surface area contributed by atoms with E-state index in [0.717, 1.165) is 37.8 Å². The third-order valence-electron chi connectivity index (χ3n) is 8.08. The van der Waals surface area contributed by atoms with E-state index >= 15 is 0 Å². The molecule has 11 heteroatoms. The summed E-state index contributed by atoms with van der Waals surface area (Å²) < 4.78 is 35.4. The van der Waals surface area contributed by atoms with Crippen molar-refractivity contribution in [3.63, 3.8) is 0 Å². The summed E-state index contributed by atoms with van der Waals surface area (Å²) in [6, 6.07) is 9.48. The minimum Gasteiger partial charge on any atom is -0.516 e. The number of benzene rings is 1. The van der Waals surface area contributed by atoms with E-state index in [9.17, 15) is 13.9 Å². The van der Waals surface area contributed by atoms with Gasteiger partial charge in [0.05, 0.1) is 36.6 Å². The molecule has 0 radical (unpaired) electrons. The molecule has 3 heterocycles. The SMILES string of the molecule is C/C(=C\O)CN(C)[C@H]1CC[C@H](CNc2nc(N3CCOC[C@@H]3C)cc(-n3c(C(F)F)nc4ccccc43)n2)CC1. The molecule has 1 aliphatic heterocycles. The van der Waals surface area contributed by atoms with Crippen LogP contribution in [0.5, 0.6) is 0 Å². The van der Waals surface area contributed by atoms with Crippen molar-refractivity contribution in [2.45, 2.75) is 58.0 Å². The highest BCUT2D eigenvalue weighted by Gasteiger charge is 2.27. The Kier molecular flexibility index (Phi) is 8.80. The predicted octanol–water partition coefficient (Wildman–Crippen LogP) is 5.34. The molecule has 1 atom stereocenters. The van der Waals surface area contributed by atoms with Gasteiger partial charge < -0.3 is 20.1 Å². The third kappa shape index (κ3) is 6.20. The number of imidazole rings is 1. The fourth-order valence-corrected chi connectivity index (χ4v) is 5.85. The summed E-state index contributed by atoms with van der Waals surface area (Å²) in [5, 5.41) is 12.7. The first-order valence-electron chi connectivity index (χ1n) is 14.1. The Morgan fingerprint density at radius 1 is 1.18 bits per heavy atom. The zero-order valence-corrected chi connectivity index (χ0v) is 23.4. The first-order valence-corrected chi connectivity index (χ1v) is 14.1. The summed E-state index contributed by atoms with van der Waals surface area (Å²) in [7, 11) is 2.11. The summed E-state index contributed by atoms with van der Waals surface area (Å²) in [6.07, 6.45) is 2.73. The van der Waals surface area contributed by atoms with Gasteiger partial charge in [-0.15, -0.1) is 0 Å². The van der Waals surface area contributed by atoms with Crippen molar-refractivity contribution in [3.05, 3.63) is 48.0 Å².